The normalized spacial score (nSPS) is 17.2. The predicted octanol–water partition coefficient (Wildman–Crippen LogP) is 4.07. The summed E-state index contributed by atoms with van der Waals surface area (Å²) in [5.41, 5.74) is 3.58. The van der Waals surface area contributed by atoms with E-state index >= 15 is 0 Å². The third-order valence-electron chi connectivity index (χ3n) is 5.68. The summed E-state index contributed by atoms with van der Waals surface area (Å²) in [7, 11) is -3.86. The summed E-state index contributed by atoms with van der Waals surface area (Å²) in [6.07, 6.45) is 2.06. The Bertz CT molecular complexity index is 984. The number of hydrogen-bond acceptors (Lipinski definition) is 3. The second-order valence-corrected chi connectivity index (χ2v) is 10.0. The summed E-state index contributed by atoms with van der Waals surface area (Å²) < 4.78 is 28.2. The SMILES string of the molecule is Cc1ccc(S(=O)(=O)N(CC(=O)N2CCC[C@H](C)C2)c2ccc(C)c(C)c2)cc1. The molecular weight excluding hydrogens is 384 g/mol. The lowest BCUT2D eigenvalue weighted by atomic mass is 10.0. The Labute approximate surface area is 174 Å². The van der Waals surface area contributed by atoms with Crippen LogP contribution in [0.1, 0.15) is 36.5 Å². The van der Waals surface area contributed by atoms with Crippen molar-refractivity contribution < 1.29 is 13.2 Å². The van der Waals surface area contributed by atoms with Crippen LogP contribution in [0.4, 0.5) is 5.69 Å². The molecule has 0 aromatic heterocycles. The van der Waals surface area contributed by atoms with E-state index in [9.17, 15) is 13.2 Å². The Morgan fingerprint density at radius 1 is 1.07 bits per heavy atom. The lowest BCUT2D eigenvalue weighted by Crippen LogP contribution is -2.46. The van der Waals surface area contributed by atoms with E-state index in [1.807, 2.05) is 32.9 Å². The minimum absolute atomic E-state index is 0.148. The van der Waals surface area contributed by atoms with E-state index in [-0.39, 0.29) is 17.3 Å². The highest BCUT2D eigenvalue weighted by atomic mass is 32.2. The van der Waals surface area contributed by atoms with Gasteiger partial charge in [-0.05, 0) is 74.9 Å². The minimum atomic E-state index is -3.86. The Kier molecular flexibility index (Phi) is 6.32. The molecule has 0 saturated carbocycles. The van der Waals surface area contributed by atoms with Gasteiger partial charge in [0.05, 0.1) is 10.6 Å². The van der Waals surface area contributed by atoms with Crippen LogP contribution in [-0.2, 0) is 14.8 Å². The number of anilines is 1. The van der Waals surface area contributed by atoms with Gasteiger partial charge in [0, 0.05) is 13.1 Å². The van der Waals surface area contributed by atoms with Gasteiger partial charge in [0.1, 0.15) is 6.54 Å². The molecule has 2 aromatic rings. The highest BCUT2D eigenvalue weighted by Gasteiger charge is 2.30. The van der Waals surface area contributed by atoms with Crippen molar-refractivity contribution in [1.29, 1.82) is 0 Å². The van der Waals surface area contributed by atoms with E-state index in [4.69, 9.17) is 0 Å². The second-order valence-electron chi connectivity index (χ2n) is 8.18. The largest absolute Gasteiger partial charge is 0.341 e. The van der Waals surface area contributed by atoms with Crippen LogP contribution in [0.3, 0.4) is 0 Å². The molecule has 29 heavy (non-hydrogen) atoms. The fourth-order valence-corrected chi connectivity index (χ4v) is 5.08. The summed E-state index contributed by atoms with van der Waals surface area (Å²) in [5, 5.41) is 0. The maximum Gasteiger partial charge on any atom is 0.264 e. The molecule has 0 bridgehead atoms. The lowest BCUT2D eigenvalue weighted by molar-refractivity contribution is -0.131. The van der Waals surface area contributed by atoms with E-state index in [2.05, 4.69) is 6.92 Å². The Morgan fingerprint density at radius 3 is 2.38 bits per heavy atom. The maximum atomic E-state index is 13.5. The third-order valence-corrected chi connectivity index (χ3v) is 7.46. The van der Waals surface area contributed by atoms with E-state index in [0.29, 0.717) is 24.7 Å². The summed E-state index contributed by atoms with van der Waals surface area (Å²) in [6.45, 7) is 9.16. The standard InChI is InChI=1S/C23H30N2O3S/c1-17-7-11-22(12-8-17)29(27,28)25(21-10-9-19(3)20(4)14-21)16-23(26)24-13-5-6-18(2)15-24/h7-12,14,18H,5-6,13,15-16H2,1-4H3/t18-/m0/s1. The Morgan fingerprint density at radius 2 is 1.76 bits per heavy atom. The van der Waals surface area contributed by atoms with E-state index in [1.54, 1.807) is 35.2 Å². The van der Waals surface area contributed by atoms with Crippen molar-refractivity contribution in [2.24, 2.45) is 5.92 Å². The number of carbonyl (C=O) groups is 1. The summed E-state index contributed by atoms with van der Waals surface area (Å²) >= 11 is 0. The van der Waals surface area contributed by atoms with Crippen LogP contribution in [-0.4, -0.2) is 38.9 Å². The molecule has 0 N–H and O–H groups in total. The summed E-state index contributed by atoms with van der Waals surface area (Å²) in [6, 6.07) is 12.3. The van der Waals surface area contributed by atoms with Crippen molar-refractivity contribution in [2.75, 3.05) is 23.9 Å². The van der Waals surface area contributed by atoms with Gasteiger partial charge in [0.15, 0.2) is 0 Å². The first-order valence-electron chi connectivity index (χ1n) is 10.1. The molecule has 5 nitrogen and oxygen atoms in total. The van der Waals surface area contributed by atoms with Crippen molar-refractivity contribution in [3.63, 3.8) is 0 Å². The van der Waals surface area contributed by atoms with Crippen molar-refractivity contribution in [3.8, 4) is 0 Å². The molecule has 1 fully saturated rings. The zero-order chi connectivity index (χ0) is 21.2. The molecule has 1 aliphatic heterocycles. The molecule has 1 aliphatic rings. The predicted molar refractivity (Wildman–Crippen MR) is 117 cm³/mol. The summed E-state index contributed by atoms with van der Waals surface area (Å²) in [4.78, 5) is 15.0. The monoisotopic (exact) mass is 414 g/mol. The lowest BCUT2D eigenvalue weighted by Gasteiger charge is -2.33. The van der Waals surface area contributed by atoms with Crippen LogP contribution in [0.2, 0.25) is 0 Å². The third kappa shape index (κ3) is 4.81. The number of aryl methyl sites for hydroxylation is 3. The number of carbonyl (C=O) groups excluding carboxylic acids is 1. The van der Waals surface area contributed by atoms with Gasteiger partial charge >= 0.3 is 0 Å². The Balaban J connectivity index is 1.98. The van der Waals surface area contributed by atoms with E-state index in [0.717, 1.165) is 29.5 Å². The number of amides is 1. The highest BCUT2D eigenvalue weighted by Crippen LogP contribution is 2.27. The van der Waals surface area contributed by atoms with Gasteiger partial charge < -0.3 is 4.90 Å². The summed E-state index contributed by atoms with van der Waals surface area (Å²) in [5.74, 6) is 0.293. The van der Waals surface area contributed by atoms with Gasteiger partial charge in [0.25, 0.3) is 10.0 Å². The van der Waals surface area contributed by atoms with Gasteiger partial charge in [-0.2, -0.15) is 0 Å². The first-order chi connectivity index (χ1) is 13.7. The molecule has 0 unspecified atom stereocenters. The quantitative estimate of drug-likeness (QED) is 0.741. The van der Waals surface area contributed by atoms with E-state index < -0.39 is 10.0 Å². The van der Waals surface area contributed by atoms with Crippen molar-refractivity contribution in [2.45, 2.75) is 45.4 Å². The van der Waals surface area contributed by atoms with Crippen LogP contribution < -0.4 is 4.31 Å². The van der Waals surface area contributed by atoms with Crippen molar-refractivity contribution in [1.82, 2.24) is 4.90 Å². The fraction of sp³-hybridized carbons (Fsp3) is 0.435. The first-order valence-corrected chi connectivity index (χ1v) is 11.6. The molecule has 2 aromatic carbocycles. The average Bonchev–Trinajstić information content (AvgIpc) is 2.68. The first kappa shape index (κ1) is 21.4. The molecule has 1 amide bonds. The maximum absolute atomic E-state index is 13.5. The van der Waals surface area contributed by atoms with Gasteiger partial charge in [-0.15, -0.1) is 0 Å². The van der Waals surface area contributed by atoms with Gasteiger partial charge in [-0.3, -0.25) is 9.10 Å². The average molecular weight is 415 g/mol. The topological polar surface area (TPSA) is 57.7 Å². The molecule has 0 spiro atoms. The van der Waals surface area contributed by atoms with Crippen molar-refractivity contribution in [3.05, 3.63) is 59.2 Å². The number of benzene rings is 2. The van der Waals surface area contributed by atoms with Crippen LogP contribution in [0.5, 0.6) is 0 Å². The zero-order valence-electron chi connectivity index (χ0n) is 17.7. The molecule has 0 radical (unpaired) electrons. The molecule has 6 heteroatoms. The van der Waals surface area contributed by atoms with Crippen LogP contribution in [0, 0.1) is 26.7 Å². The minimum Gasteiger partial charge on any atom is -0.341 e. The number of piperidine rings is 1. The number of likely N-dealkylation sites (tertiary alicyclic amines) is 1. The number of sulfonamides is 1. The molecule has 156 valence electrons. The number of rotatable bonds is 5. The van der Waals surface area contributed by atoms with Crippen LogP contribution >= 0.6 is 0 Å². The number of hydrogen-bond donors (Lipinski definition) is 0. The molecule has 1 saturated heterocycles. The highest BCUT2D eigenvalue weighted by molar-refractivity contribution is 7.92. The molecule has 1 heterocycles. The molecular formula is C23H30N2O3S. The Hall–Kier alpha value is -2.34. The smallest absolute Gasteiger partial charge is 0.264 e. The van der Waals surface area contributed by atoms with Gasteiger partial charge in [-0.25, -0.2) is 8.42 Å². The van der Waals surface area contributed by atoms with Crippen molar-refractivity contribution >= 4 is 21.6 Å². The molecule has 0 aliphatic carbocycles. The van der Waals surface area contributed by atoms with Gasteiger partial charge in [-0.1, -0.05) is 30.7 Å². The molecule has 1 atom stereocenters. The zero-order valence-corrected chi connectivity index (χ0v) is 18.5. The second kappa shape index (κ2) is 8.57. The van der Waals surface area contributed by atoms with Gasteiger partial charge in [0.2, 0.25) is 5.91 Å². The molecule has 3 rings (SSSR count). The van der Waals surface area contributed by atoms with Crippen LogP contribution in [0.15, 0.2) is 47.4 Å². The van der Waals surface area contributed by atoms with E-state index in [1.165, 1.54) is 4.31 Å². The fourth-order valence-electron chi connectivity index (χ4n) is 3.67. The van der Waals surface area contributed by atoms with Crippen LogP contribution in [0.25, 0.3) is 0 Å². The number of nitrogens with zero attached hydrogens (tertiary/aromatic N) is 2.